The maximum atomic E-state index is 11.4. The lowest BCUT2D eigenvalue weighted by Crippen LogP contribution is -2.40. The zero-order valence-electron chi connectivity index (χ0n) is 9.54. The van der Waals surface area contributed by atoms with E-state index >= 15 is 0 Å². The SMILES string of the molecule is BCC(=O)N(CCC)CC(=O)N(C)C. The summed E-state index contributed by atoms with van der Waals surface area (Å²) in [6.07, 6.45) is 1.34. The van der Waals surface area contributed by atoms with E-state index < -0.39 is 0 Å². The molecule has 0 heterocycles. The Hall–Kier alpha value is -0.995. The summed E-state index contributed by atoms with van der Waals surface area (Å²) < 4.78 is 0. The van der Waals surface area contributed by atoms with Gasteiger partial charge in [0.15, 0.2) is 0 Å². The fourth-order valence-corrected chi connectivity index (χ4v) is 1.09. The molecule has 0 saturated carbocycles. The zero-order valence-corrected chi connectivity index (χ0v) is 9.54. The normalized spacial score (nSPS) is 9.64. The van der Waals surface area contributed by atoms with Crippen LogP contribution in [0.15, 0.2) is 0 Å². The van der Waals surface area contributed by atoms with Crippen molar-refractivity contribution >= 4 is 19.7 Å². The highest BCUT2D eigenvalue weighted by Crippen LogP contribution is 1.96. The monoisotopic (exact) mass is 198 g/mol. The first kappa shape index (κ1) is 13.0. The Morgan fingerprint density at radius 3 is 2.14 bits per heavy atom. The van der Waals surface area contributed by atoms with Gasteiger partial charge in [0, 0.05) is 20.6 Å². The Labute approximate surface area is 86.7 Å². The highest BCUT2D eigenvalue weighted by Gasteiger charge is 2.15. The van der Waals surface area contributed by atoms with Crippen molar-refractivity contribution < 1.29 is 9.59 Å². The van der Waals surface area contributed by atoms with E-state index in [-0.39, 0.29) is 18.4 Å². The third kappa shape index (κ3) is 4.30. The summed E-state index contributed by atoms with van der Waals surface area (Å²) in [6, 6.07) is 0. The molecule has 0 unspecified atom stereocenters. The van der Waals surface area contributed by atoms with Crippen LogP contribution in [-0.4, -0.2) is 56.6 Å². The van der Waals surface area contributed by atoms with E-state index in [2.05, 4.69) is 0 Å². The second-order valence-corrected chi connectivity index (χ2v) is 3.46. The van der Waals surface area contributed by atoms with Crippen LogP contribution in [0, 0.1) is 0 Å². The van der Waals surface area contributed by atoms with Crippen LogP contribution < -0.4 is 0 Å². The van der Waals surface area contributed by atoms with E-state index in [0.717, 1.165) is 6.42 Å². The molecule has 14 heavy (non-hydrogen) atoms. The average molecular weight is 198 g/mol. The lowest BCUT2D eigenvalue weighted by Gasteiger charge is -2.22. The van der Waals surface area contributed by atoms with Gasteiger partial charge in [0.1, 0.15) is 7.85 Å². The molecule has 0 aliphatic carbocycles. The first-order valence-electron chi connectivity index (χ1n) is 5.00. The van der Waals surface area contributed by atoms with E-state index in [9.17, 15) is 9.59 Å². The highest BCUT2D eigenvalue weighted by molar-refractivity contribution is 6.19. The first-order valence-corrected chi connectivity index (χ1v) is 5.00. The molecule has 4 nitrogen and oxygen atoms in total. The van der Waals surface area contributed by atoms with E-state index in [1.165, 1.54) is 4.90 Å². The van der Waals surface area contributed by atoms with Crippen molar-refractivity contribution in [2.24, 2.45) is 0 Å². The summed E-state index contributed by atoms with van der Waals surface area (Å²) in [5.41, 5.74) is 0. The van der Waals surface area contributed by atoms with Crippen molar-refractivity contribution in [1.82, 2.24) is 9.80 Å². The Morgan fingerprint density at radius 1 is 1.21 bits per heavy atom. The number of likely N-dealkylation sites (N-methyl/N-ethyl adjacent to an activating group) is 1. The Bertz CT molecular complexity index is 205. The zero-order chi connectivity index (χ0) is 11.1. The number of hydrogen-bond acceptors (Lipinski definition) is 2. The van der Waals surface area contributed by atoms with Gasteiger partial charge in [0.25, 0.3) is 0 Å². The van der Waals surface area contributed by atoms with E-state index in [0.29, 0.717) is 12.9 Å². The molecule has 0 bridgehead atoms. The number of nitrogens with zero attached hydrogens (tertiary/aromatic N) is 2. The minimum atomic E-state index is -0.0275. The van der Waals surface area contributed by atoms with Crippen molar-refractivity contribution in [1.29, 1.82) is 0 Å². The van der Waals surface area contributed by atoms with Crippen molar-refractivity contribution in [3.05, 3.63) is 0 Å². The highest BCUT2D eigenvalue weighted by atomic mass is 16.2. The van der Waals surface area contributed by atoms with Gasteiger partial charge in [0.05, 0.1) is 6.54 Å². The van der Waals surface area contributed by atoms with Crippen molar-refractivity contribution in [2.45, 2.75) is 19.7 Å². The summed E-state index contributed by atoms with van der Waals surface area (Å²) >= 11 is 0. The lowest BCUT2D eigenvalue weighted by molar-refractivity contribution is -0.137. The van der Waals surface area contributed by atoms with Gasteiger partial charge >= 0.3 is 0 Å². The number of rotatable bonds is 5. The number of hydrogen-bond donors (Lipinski definition) is 0. The van der Waals surface area contributed by atoms with Gasteiger partial charge in [-0.1, -0.05) is 6.92 Å². The van der Waals surface area contributed by atoms with Crippen LogP contribution in [-0.2, 0) is 9.59 Å². The third-order valence-corrected chi connectivity index (χ3v) is 1.97. The van der Waals surface area contributed by atoms with E-state index in [4.69, 9.17) is 0 Å². The topological polar surface area (TPSA) is 40.6 Å². The van der Waals surface area contributed by atoms with Gasteiger partial charge in [-0.05, 0) is 12.7 Å². The smallest absolute Gasteiger partial charge is 0.241 e. The van der Waals surface area contributed by atoms with Crippen LogP contribution in [0.1, 0.15) is 13.3 Å². The Kier molecular flexibility index (Phi) is 6.00. The molecular weight excluding hydrogens is 179 g/mol. The van der Waals surface area contributed by atoms with Gasteiger partial charge in [-0.3, -0.25) is 9.59 Å². The lowest BCUT2D eigenvalue weighted by atomic mass is 10.0. The minimum Gasteiger partial charge on any atom is -0.347 e. The summed E-state index contributed by atoms with van der Waals surface area (Å²) in [5, 5.41) is 0. The van der Waals surface area contributed by atoms with Gasteiger partial charge in [-0.2, -0.15) is 0 Å². The number of carbonyl (C=O) groups excluding carboxylic acids is 2. The summed E-state index contributed by atoms with van der Waals surface area (Å²) in [7, 11) is 5.21. The molecule has 0 atom stereocenters. The minimum absolute atomic E-state index is 0.0275. The van der Waals surface area contributed by atoms with Crippen molar-refractivity contribution in [2.75, 3.05) is 27.2 Å². The van der Waals surface area contributed by atoms with Gasteiger partial charge in [0.2, 0.25) is 11.8 Å². The second-order valence-electron chi connectivity index (χ2n) is 3.46. The van der Waals surface area contributed by atoms with Crippen molar-refractivity contribution in [3.8, 4) is 0 Å². The van der Waals surface area contributed by atoms with Gasteiger partial charge in [-0.15, -0.1) is 0 Å². The molecule has 0 rings (SSSR count). The molecular formula is C9H19BN2O2. The van der Waals surface area contributed by atoms with E-state index in [1.807, 2.05) is 14.8 Å². The maximum Gasteiger partial charge on any atom is 0.241 e. The van der Waals surface area contributed by atoms with Crippen LogP contribution in [0.3, 0.4) is 0 Å². The molecule has 0 aliphatic heterocycles. The van der Waals surface area contributed by atoms with Crippen molar-refractivity contribution in [3.63, 3.8) is 0 Å². The summed E-state index contributed by atoms with van der Waals surface area (Å²) in [6.45, 7) is 2.86. The van der Waals surface area contributed by atoms with Crippen LogP contribution >= 0.6 is 0 Å². The summed E-state index contributed by atoms with van der Waals surface area (Å²) in [4.78, 5) is 25.9. The number of amides is 2. The fourth-order valence-electron chi connectivity index (χ4n) is 1.09. The maximum absolute atomic E-state index is 11.4. The number of carbonyl (C=O) groups is 2. The van der Waals surface area contributed by atoms with E-state index in [1.54, 1.807) is 19.0 Å². The predicted molar refractivity (Wildman–Crippen MR) is 58.9 cm³/mol. The third-order valence-electron chi connectivity index (χ3n) is 1.97. The van der Waals surface area contributed by atoms with Crippen LogP contribution in [0.5, 0.6) is 0 Å². The molecule has 80 valence electrons. The van der Waals surface area contributed by atoms with Gasteiger partial charge < -0.3 is 9.80 Å². The first-order chi connectivity index (χ1) is 6.52. The standard InChI is InChI=1S/C9H19BN2O2/c1-4-5-12(8(13)6-10)7-9(14)11(2)3/h4-7,10H2,1-3H3. The molecule has 0 N–H and O–H groups in total. The van der Waals surface area contributed by atoms with Crippen LogP contribution in [0.4, 0.5) is 0 Å². The summed E-state index contributed by atoms with van der Waals surface area (Å²) in [5.74, 6) is 0.0160. The fraction of sp³-hybridized carbons (Fsp3) is 0.778. The molecule has 5 heteroatoms. The predicted octanol–water partition coefficient (Wildman–Crippen LogP) is -0.635. The molecule has 0 radical (unpaired) electrons. The van der Waals surface area contributed by atoms with Crippen LogP contribution in [0.25, 0.3) is 0 Å². The molecule has 0 fully saturated rings. The quantitative estimate of drug-likeness (QED) is 0.551. The molecule has 0 aromatic rings. The van der Waals surface area contributed by atoms with Gasteiger partial charge in [-0.25, -0.2) is 0 Å². The largest absolute Gasteiger partial charge is 0.347 e. The molecule has 0 aliphatic rings. The Morgan fingerprint density at radius 2 is 1.79 bits per heavy atom. The van der Waals surface area contributed by atoms with Crippen LogP contribution in [0.2, 0.25) is 6.32 Å². The Balaban J connectivity index is 4.22. The molecule has 2 amide bonds. The molecule has 0 saturated heterocycles. The second kappa shape index (κ2) is 6.46. The average Bonchev–Trinajstić information content (AvgIpc) is 2.15. The molecule has 0 spiro atoms. The molecule has 0 aromatic carbocycles. The molecule has 0 aromatic heterocycles.